The van der Waals surface area contributed by atoms with Crippen LogP contribution in [-0.4, -0.2) is 74.8 Å². The number of piperidine rings is 1. The number of hydroxylamine groups is 3. The summed E-state index contributed by atoms with van der Waals surface area (Å²) in [4.78, 5) is 14.9. The zero-order valence-electron chi connectivity index (χ0n) is 20.5. The van der Waals surface area contributed by atoms with Crippen LogP contribution in [0, 0.1) is 5.92 Å². The van der Waals surface area contributed by atoms with Gasteiger partial charge in [-0.1, -0.05) is 6.07 Å². The number of hydrogen-bond acceptors (Lipinski definition) is 6. The Morgan fingerprint density at radius 2 is 2.08 bits per heavy atom. The quantitative estimate of drug-likeness (QED) is 0.437. The number of phenols is 1. The van der Waals surface area contributed by atoms with Gasteiger partial charge in [-0.2, -0.15) is 4.65 Å². The van der Waals surface area contributed by atoms with E-state index >= 15 is 0 Å². The Labute approximate surface area is 209 Å². The smallest absolute Gasteiger partial charge is 0.246 e. The first kappa shape index (κ1) is 22.4. The van der Waals surface area contributed by atoms with E-state index in [1.807, 2.05) is 6.07 Å². The van der Waals surface area contributed by atoms with Crippen LogP contribution in [-0.2, 0) is 16.6 Å². The van der Waals surface area contributed by atoms with Crippen LogP contribution in [0.5, 0.6) is 11.5 Å². The number of hydrogen-bond donors (Lipinski definition) is 3. The molecule has 1 aromatic carbocycles. The minimum Gasteiger partial charge on any atom is -0.504 e. The highest BCUT2D eigenvalue weighted by Crippen LogP contribution is 2.66. The number of furan rings is 1. The number of rotatable bonds is 5. The van der Waals surface area contributed by atoms with Gasteiger partial charge in [-0.05, 0) is 49.5 Å². The number of likely N-dealkylation sites (tertiary alicyclic amines) is 1. The van der Waals surface area contributed by atoms with Crippen molar-refractivity contribution in [3.05, 3.63) is 53.5 Å². The molecular formula is C28H33N2O6+. The number of carbonyl (C=O) groups is 1. The van der Waals surface area contributed by atoms with E-state index in [0.29, 0.717) is 50.4 Å². The number of ether oxygens (including phenoxy) is 1. The number of benzene rings is 1. The first-order valence-corrected chi connectivity index (χ1v) is 13.1. The topological polar surface area (TPSA) is 103 Å². The van der Waals surface area contributed by atoms with Crippen molar-refractivity contribution in [1.82, 2.24) is 4.90 Å². The third kappa shape index (κ3) is 2.83. The van der Waals surface area contributed by atoms with E-state index in [9.17, 15) is 20.2 Å². The lowest BCUT2D eigenvalue weighted by atomic mass is 9.48. The summed E-state index contributed by atoms with van der Waals surface area (Å²) >= 11 is 0. The predicted octanol–water partition coefficient (Wildman–Crippen LogP) is 2.99. The van der Waals surface area contributed by atoms with Gasteiger partial charge >= 0.3 is 0 Å². The molecule has 3 aliphatic carbocycles. The van der Waals surface area contributed by atoms with Crippen molar-refractivity contribution in [2.24, 2.45) is 5.92 Å². The van der Waals surface area contributed by atoms with Crippen molar-refractivity contribution in [1.29, 1.82) is 0 Å². The second-order valence-corrected chi connectivity index (χ2v) is 11.6. The van der Waals surface area contributed by atoms with Gasteiger partial charge in [-0.3, -0.25) is 4.79 Å². The van der Waals surface area contributed by atoms with Gasteiger partial charge in [0.2, 0.25) is 5.91 Å². The van der Waals surface area contributed by atoms with Crippen molar-refractivity contribution in [3.63, 3.8) is 0 Å². The average Bonchev–Trinajstić information content (AvgIpc) is 3.36. The number of quaternary nitrogens is 1. The van der Waals surface area contributed by atoms with Crippen LogP contribution in [0.4, 0.5) is 0 Å². The molecule has 1 spiro atoms. The van der Waals surface area contributed by atoms with Crippen molar-refractivity contribution in [3.8, 4) is 11.5 Å². The van der Waals surface area contributed by atoms with Crippen LogP contribution >= 0.6 is 0 Å². The van der Waals surface area contributed by atoms with Gasteiger partial charge in [0.1, 0.15) is 24.8 Å². The van der Waals surface area contributed by atoms with Crippen molar-refractivity contribution in [2.45, 2.75) is 67.7 Å². The molecule has 1 amide bonds. The van der Waals surface area contributed by atoms with Crippen molar-refractivity contribution < 1.29 is 34.0 Å². The molecule has 190 valence electrons. The number of likely N-dealkylation sites (N-methyl/N-ethyl adjacent to an activating group) is 1. The molecule has 3 heterocycles. The highest BCUT2D eigenvalue weighted by Gasteiger charge is 2.77. The summed E-state index contributed by atoms with van der Waals surface area (Å²) < 4.78 is 11.5. The maximum atomic E-state index is 13.2. The van der Waals surface area contributed by atoms with E-state index in [1.54, 1.807) is 42.7 Å². The van der Waals surface area contributed by atoms with Gasteiger partial charge in [0, 0.05) is 43.0 Å². The number of aliphatic hydroxyl groups is 1. The molecule has 5 aliphatic rings. The highest BCUT2D eigenvalue weighted by atomic mass is 16.6. The van der Waals surface area contributed by atoms with E-state index in [4.69, 9.17) is 9.15 Å². The lowest BCUT2D eigenvalue weighted by Gasteiger charge is -2.64. The Morgan fingerprint density at radius 1 is 1.25 bits per heavy atom. The zero-order valence-corrected chi connectivity index (χ0v) is 20.5. The summed E-state index contributed by atoms with van der Waals surface area (Å²) in [5.41, 5.74) is 0.769. The summed E-state index contributed by atoms with van der Waals surface area (Å²) in [6, 6.07) is 4.73. The molecule has 6 atom stereocenters. The standard InChI is InChI=1S/C28H32N2O6/c1-29(23(32)7-4-18-9-13-35-16-18)20-8-10-28(33)22-14-19-5-6-21(31)25-24(19)27(28,26(20)36-25)11-12-30(22,34)15-17-2-3-17/h4-7,9,13,16-17,20,22,26,33-34H,2-3,8,10-12,14-15H2,1H3/p+1/t20-,22-,26+,27+,28-,30?/m1/s1. The fraction of sp³-hybridized carbons (Fsp3) is 0.536. The summed E-state index contributed by atoms with van der Waals surface area (Å²) in [7, 11) is 1.78. The van der Waals surface area contributed by atoms with Gasteiger partial charge in [-0.15, -0.1) is 0 Å². The fourth-order valence-electron chi connectivity index (χ4n) is 7.97. The highest BCUT2D eigenvalue weighted by molar-refractivity contribution is 5.91. The fourth-order valence-corrected chi connectivity index (χ4v) is 7.97. The lowest BCUT2D eigenvalue weighted by molar-refractivity contribution is -1.13. The molecule has 1 unspecified atom stereocenters. The second-order valence-electron chi connectivity index (χ2n) is 11.6. The predicted molar refractivity (Wildman–Crippen MR) is 129 cm³/mol. The molecule has 7 rings (SSSR count). The molecule has 2 aromatic rings. The van der Waals surface area contributed by atoms with Crippen LogP contribution in [0.1, 0.15) is 48.8 Å². The van der Waals surface area contributed by atoms with Crippen LogP contribution in [0.3, 0.4) is 0 Å². The number of carbonyl (C=O) groups excluding carboxylic acids is 1. The van der Waals surface area contributed by atoms with E-state index in [2.05, 4.69) is 0 Å². The summed E-state index contributed by atoms with van der Waals surface area (Å²) in [5.74, 6) is 0.869. The molecule has 1 aromatic heterocycles. The Hall–Kier alpha value is -2.81. The number of nitrogens with zero attached hydrogens (tertiary/aromatic N) is 2. The minimum absolute atomic E-state index is 0.0687. The Balaban J connectivity index is 1.30. The number of phenolic OH excluding ortho intramolecular Hbond substituents is 1. The van der Waals surface area contributed by atoms with Gasteiger partial charge in [-0.25, -0.2) is 5.21 Å². The monoisotopic (exact) mass is 493 g/mol. The third-order valence-corrected chi connectivity index (χ3v) is 9.86. The van der Waals surface area contributed by atoms with E-state index < -0.39 is 17.1 Å². The number of aromatic hydroxyl groups is 1. The molecule has 2 bridgehead atoms. The van der Waals surface area contributed by atoms with E-state index in [1.165, 1.54) is 6.08 Å². The number of amides is 1. The molecule has 2 aliphatic heterocycles. The molecule has 8 heteroatoms. The molecule has 0 radical (unpaired) electrons. The SMILES string of the molecule is CN(C(=O)C=Cc1ccoc1)[C@@H]1CC[C@@]2(O)[C@H]3Cc4ccc(O)c5c4[C@@]2(CC[N+]3(O)CC2CC2)[C@H]1O5. The summed E-state index contributed by atoms with van der Waals surface area (Å²) in [6.45, 7) is 1.21. The molecule has 2 saturated carbocycles. The van der Waals surface area contributed by atoms with Crippen molar-refractivity contribution >= 4 is 12.0 Å². The normalized spacial score (nSPS) is 38.0. The first-order chi connectivity index (χ1) is 17.3. The van der Waals surface area contributed by atoms with Crippen LogP contribution < -0.4 is 4.74 Å². The maximum absolute atomic E-state index is 13.2. The molecular weight excluding hydrogens is 460 g/mol. The van der Waals surface area contributed by atoms with Crippen LogP contribution in [0.15, 0.2) is 41.2 Å². The van der Waals surface area contributed by atoms with Gasteiger partial charge in [0.05, 0.1) is 24.0 Å². The van der Waals surface area contributed by atoms with Crippen LogP contribution in [0.2, 0.25) is 0 Å². The summed E-state index contributed by atoms with van der Waals surface area (Å²) in [5, 5.41) is 35.3. The first-order valence-electron chi connectivity index (χ1n) is 13.1. The second kappa shape index (κ2) is 7.37. The van der Waals surface area contributed by atoms with E-state index in [-0.39, 0.29) is 28.4 Å². The largest absolute Gasteiger partial charge is 0.504 e. The molecule has 36 heavy (non-hydrogen) atoms. The molecule has 3 fully saturated rings. The molecule has 8 nitrogen and oxygen atoms in total. The van der Waals surface area contributed by atoms with Crippen molar-refractivity contribution in [2.75, 3.05) is 20.1 Å². The van der Waals surface area contributed by atoms with Crippen LogP contribution in [0.25, 0.3) is 6.08 Å². The Morgan fingerprint density at radius 3 is 2.83 bits per heavy atom. The van der Waals surface area contributed by atoms with E-state index in [0.717, 1.165) is 29.5 Å². The molecule has 3 N–H and O–H groups in total. The minimum atomic E-state index is -1.18. The Kier molecular flexibility index (Phi) is 4.58. The summed E-state index contributed by atoms with van der Waals surface area (Å²) in [6.07, 6.45) is 10.3. The van der Waals surface area contributed by atoms with Gasteiger partial charge < -0.3 is 24.3 Å². The average molecular weight is 494 g/mol. The Bertz CT molecular complexity index is 1250. The lowest BCUT2D eigenvalue weighted by Crippen LogP contribution is -2.82. The van der Waals surface area contributed by atoms with Gasteiger partial charge in [0.15, 0.2) is 17.5 Å². The maximum Gasteiger partial charge on any atom is 0.246 e. The zero-order chi connectivity index (χ0) is 24.9. The molecule has 1 saturated heterocycles. The van der Waals surface area contributed by atoms with Gasteiger partial charge in [0.25, 0.3) is 0 Å². The third-order valence-electron chi connectivity index (χ3n) is 9.86.